The zero-order chi connectivity index (χ0) is 17.6. The molecule has 1 atom stereocenters. The molecule has 0 spiro atoms. The lowest BCUT2D eigenvalue weighted by molar-refractivity contribution is 0.247. The number of hydrogen-bond donors (Lipinski definition) is 2. The SMILES string of the molecule is Cc1ncc(NC(=O)NC2CC(C)(C)c3ccccc32)c(C2CC2)n1. The van der Waals surface area contributed by atoms with Crippen molar-refractivity contribution >= 4 is 11.7 Å². The summed E-state index contributed by atoms with van der Waals surface area (Å²) in [4.78, 5) is 21.4. The molecule has 1 aromatic carbocycles. The van der Waals surface area contributed by atoms with Crippen molar-refractivity contribution in [3.63, 3.8) is 0 Å². The summed E-state index contributed by atoms with van der Waals surface area (Å²) < 4.78 is 0. The smallest absolute Gasteiger partial charge is 0.319 e. The van der Waals surface area contributed by atoms with Gasteiger partial charge in [-0.2, -0.15) is 0 Å². The van der Waals surface area contributed by atoms with Crippen LogP contribution < -0.4 is 10.6 Å². The number of aromatic nitrogens is 2. The summed E-state index contributed by atoms with van der Waals surface area (Å²) in [5, 5.41) is 6.10. The van der Waals surface area contributed by atoms with E-state index in [1.807, 2.05) is 13.0 Å². The van der Waals surface area contributed by atoms with E-state index in [1.54, 1.807) is 6.20 Å². The second kappa shape index (κ2) is 5.83. The summed E-state index contributed by atoms with van der Waals surface area (Å²) in [5.41, 5.74) is 4.30. The van der Waals surface area contributed by atoms with Gasteiger partial charge in [0.05, 0.1) is 23.6 Å². The number of nitrogens with one attached hydrogen (secondary N) is 2. The molecule has 2 aromatic rings. The predicted molar refractivity (Wildman–Crippen MR) is 97.7 cm³/mol. The highest BCUT2D eigenvalue weighted by molar-refractivity contribution is 5.90. The molecule has 130 valence electrons. The van der Waals surface area contributed by atoms with Crippen LogP contribution in [-0.4, -0.2) is 16.0 Å². The number of fused-ring (bicyclic) bond motifs is 1. The van der Waals surface area contributed by atoms with Gasteiger partial charge in [-0.3, -0.25) is 0 Å². The summed E-state index contributed by atoms with van der Waals surface area (Å²) in [6.45, 7) is 6.34. The number of nitrogens with zero attached hydrogens (tertiary/aromatic N) is 2. The molecule has 5 heteroatoms. The molecule has 0 saturated heterocycles. The van der Waals surface area contributed by atoms with E-state index < -0.39 is 0 Å². The van der Waals surface area contributed by atoms with E-state index in [1.165, 1.54) is 11.1 Å². The van der Waals surface area contributed by atoms with Crippen molar-refractivity contribution in [1.29, 1.82) is 0 Å². The fourth-order valence-electron chi connectivity index (χ4n) is 3.84. The van der Waals surface area contributed by atoms with Crippen molar-refractivity contribution < 1.29 is 4.79 Å². The molecule has 2 amide bonds. The third kappa shape index (κ3) is 3.11. The molecule has 5 nitrogen and oxygen atoms in total. The molecule has 1 fully saturated rings. The van der Waals surface area contributed by atoms with Gasteiger partial charge in [-0.1, -0.05) is 38.1 Å². The first-order valence-electron chi connectivity index (χ1n) is 8.94. The number of amides is 2. The van der Waals surface area contributed by atoms with Crippen molar-refractivity contribution in [2.24, 2.45) is 0 Å². The maximum absolute atomic E-state index is 12.6. The molecule has 1 aromatic heterocycles. The minimum Gasteiger partial charge on any atom is -0.331 e. The number of rotatable bonds is 3. The Labute approximate surface area is 148 Å². The molecule has 0 bridgehead atoms. The van der Waals surface area contributed by atoms with Crippen LogP contribution in [0.1, 0.15) is 67.7 Å². The molecule has 1 heterocycles. The zero-order valence-electron chi connectivity index (χ0n) is 15.0. The second-order valence-electron chi connectivity index (χ2n) is 7.82. The molecule has 2 N–H and O–H groups in total. The molecule has 0 aliphatic heterocycles. The minimum absolute atomic E-state index is 0.0296. The molecule has 0 radical (unpaired) electrons. The number of carbonyl (C=O) groups excluding carboxylic acids is 1. The van der Waals surface area contributed by atoms with Crippen LogP contribution in [0, 0.1) is 6.92 Å². The maximum Gasteiger partial charge on any atom is 0.319 e. The summed E-state index contributed by atoms with van der Waals surface area (Å²) in [6, 6.07) is 8.21. The van der Waals surface area contributed by atoms with Gasteiger partial charge in [0, 0.05) is 5.92 Å². The Balaban J connectivity index is 1.51. The Bertz CT molecular complexity index is 826. The standard InChI is InChI=1S/C20H24N4O/c1-12-21-11-17(18(22-12)13-8-9-13)24-19(25)23-16-10-20(2,3)15-7-5-4-6-14(15)16/h4-7,11,13,16H,8-10H2,1-3H3,(H2,23,24,25). The first-order chi connectivity index (χ1) is 11.9. The molecule has 1 saturated carbocycles. The largest absolute Gasteiger partial charge is 0.331 e. The van der Waals surface area contributed by atoms with E-state index in [2.05, 4.69) is 52.6 Å². The Morgan fingerprint density at radius 2 is 2.00 bits per heavy atom. The average molecular weight is 336 g/mol. The van der Waals surface area contributed by atoms with Gasteiger partial charge in [-0.05, 0) is 42.7 Å². The maximum atomic E-state index is 12.6. The monoisotopic (exact) mass is 336 g/mol. The van der Waals surface area contributed by atoms with Gasteiger partial charge in [0.1, 0.15) is 5.82 Å². The highest BCUT2D eigenvalue weighted by atomic mass is 16.2. The van der Waals surface area contributed by atoms with Crippen molar-refractivity contribution in [2.45, 2.75) is 57.4 Å². The van der Waals surface area contributed by atoms with Crippen LogP contribution in [0.2, 0.25) is 0 Å². The number of hydrogen-bond acceptors (Lipinski definition) is 3. The number of aryl methyl sites for hydroxylation is 1. The van der Waals surface area contributed by atoms with E-state index in [0.29, 0.717) is 5.92 Å². The molecule has 2 aliphatic carbocycles. The molecule has 1 unspecified atom stereocenters. The minimum atomic E-state index is -0.188. The van der Waals surface area contributed by atoms with Crippen LogP contribution in [-0.2, 0) is 5.41 Å². The quantitative estimate of drug-likeness (QED) is 0.882. The van der Waals surface area contributed by atoms with E-state index in [4.69, 9.17) is 0 Å². The molecule has 4 rings (SSSR count). The topological polar surface area (TPSA) is 66.9 Å². The number of anilines is 1. The number of carbonyl (C=O) groups is 1. The van der Waals surface area contributed by atoms with Crippen LogP contribution >= 0.6 is 0 Å². The fourth-order valence-corrected chi connectivity index (χ4v) is 3.84. The van der Waals surface area contributed by atoms with Crippen LogP contribution in [0.25, 0.3) is 0 Å². The number of benzene rings is 1. The zero-order valence-corrected chi connectivity index (χ0v) is 15.0. The highest BCUT2D eigenvalue weighted by Gasteiger charge is 2.37. The fraction of sp³-hybridized carbons (Fsp3) is 0.450. The van der Waals surface area contributed by atoms with Gasteiger partial charge in [-0.15, -0.1) is 0 Å². The Hall–Kier alpha value is -2.43. The van der Waals surface area contributed by atoms with Gasteiger partial charge < -0.3 is 10.6 Å². The summed E-state index contributed by atoms with van der Waals surface area (Å²) in [5.74, 6) is 1.21. The van der Waals surface area contributed by atoms with Gasteiger partial charge in [0.2, 0.25) is 0 Å². The predicted octanol–water partition coefficient (Wildman–Crippen LogP) is 4.21. The molecule has 25 heavy (non-hydrogen) atoms. The first-order valence-corrected chi connectivity index (χ1v) is 8.94. The van der Waals surface area contributed by atoms with Crippen molar-refractivity contribution in [1.82, 2.24) is 15.3 Å². The first kappa shape index (κ1) is 16.1. The Kier molecular flexibility index (Phi) is 3.74. The van der Waals surface area contributed by atoms with E-state index in [-0.39, 0.29) is 17.5 Å². The van der Waals surface area contributed by atoms with Crippen LogP contribution in [0.3, 0.4) is 0 Å². The molecular formula is C20H24N4O. The summed E-state index contributed by atoms with van der Waals surface area (Å²) >= 11 is 0. The average Bonchev–Trinajstić information content (AvgIpc) is 3.37. The van der Waals surface area contributed by atoms with E-state index in [0.717, 1.165) is 36.5 Å². The normalized spacial score (nSPS) is 20.8. The second-order valence-corrected chi connectivity index (χ2v) is 7.82. The van der Waals surface area contributed by atoms with Gasteiger partial charge in [-0.25, -0.2) is 14.8 Å². The van der Waals surface area contributed by atoms with Crippen LogP contribution in [0.5, 0.6) is 0 Å². The van der Waals surface area contributed by atoms with E-state index >= 15 is 0 Å². The Morgan fingerprint density at radius 1 is 1.24 bits per heavy atom. The number of urea groups is 1. The lowest BCUT2D eigenvalue weighted by atomic mass is 9.86. The molecule has 2 aliphatic rings. The van der Waals surface area contributed by atoms with Crippen molar-refractivity contribution in [3.05, 3.63) is 53.1 Å². The third-order valence-corrected chi connectivity index (χ3v) is 5.24. The highest BCUT2D eigenvalue weighted by Crippen LogP contribution is 2.44. The summed E-state index contributed by atoms with van der Waals surface area (Å²) in [7, 11) is 0. The lowest BCUT2D eigenvalue weighted by Gasteiger charge is -2.20. The van der Waals surface area contributed by atoms with Crippen molar-refractivity contribution in [3.8, 4) is 0 Å². The van der Waals surface area contributed by atoms with Gasteiger partial charge in [0.15, 0.2) is 0 Å². The third-order valence-electron chi connectivity index (χ3n) is 5.24. The van der Waals surface area contributed by atoms with Gasteiger partial charge >= 0.3 is 6.03 Å². The van der Waals surface area contributed by atoms with Gasteiger partial charge in [0.25, 0.3) is 0 Å². The Morgan fingerprint density at radius 3 is 2.76 bits per heavy atom. The van der Waals surface area contributed by atoms with Crippen LogP contribution in [0.4, 0.5) is 10.5 Å². The lowest BCUT2D eigenvalue weighted by Crippen LogP contribution is -2.32. The summed E-state index contributed by atoms with van der Waals surface area (Å²) in [6.07, 6.45) is 4.90. The molecular weight excluding hydrogens is 312 g/mol. The van der Waals surface area contributed by atoms with Crippen LogP contribution in [0.15, 0.2) is 30.5 Å². The van der Waals surface area contributed by atoms with Crippen molar-refractivity contribution in [2.75, 3.05) is 5.32 Å². The van der Waals surface area contributed by atoms with E-state index in [9.17, 15) is 4.79 Å².